The number of halogens is 2. The van der Waals surface area contributed by atoms with E-state index in [4.69, 9.17) is 11.6 Å². The highest BCUT2D eigenvalue weighted by molar-refractivity contribution is 6.30. The summed E-state index contributed by atoms with van der Waals surface area (Å²) in [4.78, 5) is 18.9. The largest absolute Gasteiger partial charge is 0.335 e. The van der Waals surface area contributed by atoms with Crippen LogP contribution in [0.25, 0.3) is 0 Å². The summed E-state index contributed by atoms with van der Waals surface area (Å²) in [7, 11) is 0. The number of hydrazine groups is 1. The Balaban J connectivity index is 1.16. The zero-order valence-corrected chi connectivity index (χ0v) is 19.4. The number of rotatable bonds is 6. The number of hydrogen-bond donors (Lipinski definition) is 4. The predicted octanol–water partition coefficient (Wildman–Crippen LogP) is 2.91. The van der Waals surface area contributed by atoms with Crippen LogP contribution in [0.4, 0.5) is 9.18 Å². The predicted molar refractivity (Wildman–Crippen MR) is 125 cm³/mol. The van der Waals surface area contributed by atoms with E-state index in [1.807, 2.05) is 18.0 Å². The average molecular weight is 473 g/mol. The van der Waals surface area contributed by atoms with E-state index in [1.165, 1.54) is 11.6 Å². The quantitative estimate of drug-likeness (QED) is 0.486. The summed E-state index contributed by atoms with van der Waals surface area (Å²) in [5.74, 6) is 0.488. The highest BCUT2D eigenvalue weighted by Gasteiger charge is 2.47. The number of amides is 2. The second kappa shape index (κ2) is 9.54. The minimum Gasteiger partial charge on any atom is -0.335 e. The van der Waals surface area contributed by atoms with E-state index in [0.717, 1.165) is 30.6 Å². The molecule has 3 aliphatic rings. The smallest absolute Gasteiger partial charge is 0.317 e. The van der Waals surface area contributed by atoms with Gasteiger partial charge in [-0.05, 0) is 67.0 Å². The first kappa shape index (κ1) is 22.5. The molecule has 3 fully saturated rings. The molecular weight excluding hydrogens is 443 g/mol. The first-order valence-corrected chi connectivity index (χ1v) is 12.0. The number of aromatic nitrogens is 1. The van der Waals surface area contributed by atoms with Crippen LogP contribution < -0.4 is 21.5 Å². The number of aryl methyl sites for hydroxylation is 1. The molecule has 33 heavy (non-hydrogen) atoms. The highest BCUT2D eigenvalue weighted by Crippen LogP contribution is 2.41. The van der Waals surface area contributed by atoms with E-state index >= 15 is 0 Å². The summed E-state index contributed by atoms with van der Waals surface area (Å²) < 4.78 is 13.3. The molecule has 1 saturated carbocycles. The maximum absolute atomic E-state index is 13.3. The number of nitrogens with zero attached hydrogens (tertiary/aromatic N) is 2. The van der Waals surface area contributed by atoms with Gasteiger partial charge < -0.3 is 15.5 Å². The summed E-state index contributed by atoms with van der Waals surface area (Å²) in [5.41, 5.74) is 10.2. The van der Waals surface area contributed by atoms with Crippen LogP contribution in [0, 0.1) is 24.6 Å². The van der Waals surface area contributed by atoms with Crippen molar-refractivity contribution in [3.63, 3.8) is 0 Å². The van der Waals surface area contributed by atoms with Crippen LogP contribution in [0.15, 0.2) is 36.5 Å². The molecule has 2 amide bonds. The fourth-order valence-electron chi connectivity index (χ4n) is 5.53. The number of carbonyl (C=O) groups excluding carboxylic acids is 1. The number of hydrogen-bond acceptors (Lipinski definition) is 5. The molecule has 2 aliphatic heterocycles. The molecule has 2 saturated heterocycles. The molecular formula is C24H30ClFN6O. The Morgan fingerprint density at radius 1 is 1.21 bits per heavy atom. The zero-order chi connectivity index (χ0) is 22.9. The van der Waals surface area contributed by atoms with Crippen molar-refractivity contribution in [1.29, 1.82) is 0 Å². The molecule has 4 N–H and O–H groups in total. The molecule has 0 radical (unpaired) electrons. The third-order valence-corrected chi connectivity index (χ3v) is 7.51. The van der Waals surface area contributed by atoms with E-state index in [9.17, 15) is 9.18 Å². The number of carbonyl (C=O) groups is 1. The van der Waals surface area contributed by atoms with Crippen LogP contribution in [0.3, 0.4) is 0 Å². The third-order valence-electron chi connectivity index (χ3n) is 7.22. The molecule has 1 aromatic carbocycles. The Morgan fingerprint density at radius 2 is 2.09 bits per heavy atom. The van der Waals surface area contributed by atoms with Crippen LogP contribution >= 0.6 is 11.6 Å². The Morgan fingerprint density at radius 3 is 2.91 bits per heavy atom. The van der Waals surface area contributed by atoms with Gasteiger partial charge >= 0.3 is 6.03 Å². The van der Waals surface area contributed by atoms with Gasteiger partial charge in [-0.3, -0.25) is 10.4 Å². The van der Waals surface area contributed by atoms with E-state index in [-0.39, 0.29) is 23.1 Å². The van der Waals surface area contributed by atoms with Gasteiger partial charge in [-0.1, -0.05) is 17.7 Å². The van der Waals surface area contributed by atoms with Crippen LogP contribution in [0.2, 0.25) is 5.02 Å². The summed E-state index contributed by atoms with van der Waals surface area (Å²) >= 11 is 5.85. The Hall–Kier alpha value is -2.26. The van der Waals surface area contributed by atoms with Crippen molar-refractivity contribution >= 4 is 17.6 Å². The molecule has 0 bridgehead atoms. The van der Waals surface area contributed by atoms with E-state index in [2.05, 4.69) is 38.6 Å². The van der Waals surface area contributed by atoms with Gasteiger partial charge in [0.05, 0.1) is 11.1 Å². The van der Waals surface area contributed by atoms with Gasteiger partial charge in [0, 0.05) is 50.2 Å². The van der Waals surface area contributed by atoms with Gasteiger partial charge in [0.2, 0.25) is 0 Å². The molecule has 1 aromatic heterocycles. The zero-order valence-electron chi connectivity index (χ0n) is 18.7. The minimum atomic E-state index is -0.413. The van der Waals surface area contributed by atoms with Crippen molar-refractivity contribution in [2.45, 2.75) is 44.4 Å². The van der Waals surface area contributed by atoms with E-state index in [0.29, 0.717) is 37.5 Å². The molecule has 5 unspecified atom stereocenters. The van der Waals surface area contributed by atoms with Gasteiger partial charge in [-0.25, -0.2) is 14.6 Å². The normalized spacial score (nSPS) is 28.9. The van der Waals surface area contributed by atoms with Gasteiger partial charge in [-0.15, -0.1) is 0 Å². The lowest BCUT2D eigenvalue weighted by Crippen LogP contribution is -2.61. The maximum atomic E-state index is 13.3. The van der Waals surface area contributed by atoms with Crippen molar-refractivity contribution in [2.24, 2.45) is 11.8 Å². The molecule has 0 spiro atoms. The lowest BCUT2D eigenvalue weighted by Gasteiger charge is -2.45. The second-order valence-corrected chi connectivity index (χ2v) is 9.83. The molecule has 5 atom stereocenters. The maximum Gasteiger partial charge on any atom is 0.317 e. The SMILES string of the molecule is Cc1cc(C2NNC3CC4NC(=O)N(CCNCc5ccc(F)c(Cl)c5)CC4CC32)ccn1. The van der Waals surface area contributed by atoms with Gasteiger partial charge in [0.15, 0.2) is 0 Å². The van der Waals surface area contributed by atoms with E-state index < -0.39 is 5.82 Å². The van der Waals surface area contributed by atoms with Crippen molar-refractivity contribution in [1.82, 2.24) is 31.4 Å². The number of pyridine rings is 1. The average Bonchev–Trinajstić information content (AvgIpc) is 3.20. The number of fused-ring (bicyclic) bond motifs is 2. The standard InChI is InChI=1S/C24H30ClFN6O/c1-14-8-16(4-5-28-14)23-18-10-17-13-32(24(33)29-21(17)11-22(18)30-31-23)7-6-27-12-15-2-3-20(26)19(25)9-15/h2-5,8-9,17-18,21-23,27,30-31H,6-7,10-13H2,1H3,(H,29,33). The Labute approximate surface area is 198 Å². The summed E-state index contributed by atoms with van der Waals surface area (Å²) in [6.45, 7) is 4.66. The molecule has 3 heterocycles. The van der Waals surface area contributed by atoms with Gasteiger partial charge in [0.1, 0.15) is 5.82 Å². The second-order valence-electron chi connectivity index (χ2n) is 9.43. The van der Waals surface area contributed by atoms with Crippen LogP contribution in [-0.4, -0.2) is 47.6 Å². The molecule has 9 heteroatoms. The van der Waals surface area contributed by atoms with Crippen LogP contribution in [-0.2, 0) is 6.54 Å². The highest BCUT2D eigenvalue weighted by atomic mass is 35.5. The molecule has 1 aliphatic carbocycles. The lowest BCUT2D eigenvalue weighted by atomic mass is 9.71. The van der Waals surface area contributed by atoms with Crippen LogP contribution in [0.5, 0.6) is 0 Å². The number of urea groups is 1. The van der Waals surface area contributed by atoms with Crippen LogP contribution in [0.1, 0.15) is 35.7 Å². The van der Waals surface area contributed by atoms with Gasteiger partial charge in [-0.2, -0.15) is 0 Å². The first-order chi connectivity index (χ1) is 16.0. The van der Waals surface area contributed by atoms with Crippen molar-refractivity contribution in [3.8, 4) is 0 Å². The summed E-state index contributed by atoms with van der Waals surface area (Å²) in [5, 5.41) is 6.70. The number of benzene rings is 1. The van der Waals surface area contributed by atoms with Crippen molar-refractivity contribution < 1.29 is 9.18 Å². The molecule has 5 rings (SSSR count). The molecule has 2 aromatic rings. The topological polar surface area (TPSA) is 81.3 Å². The fraction of sp³-hybridized carbons (Fsp3) is 0.500. The van der Waals surface area contributed by atoms with Crippen molar-refractivity contribution in [3.05, 3.63) is 64.2 Å². The molecule has 176 valence electrons. The monoisotopic (exact) mass is 472 g/mol. The van der Waals surface area contributed by atoms with Crippen molar-refractivity contribution in [2.75, 3.05) is 19.6 Å². The Kier molecular flexibility index (Phi) is 6.51. The first-order valence-electron chi connectivity index (χ1n) is 11.6. The minimum absolute atomic E-state index is 0.00795. The summed E-state index contributed by atoms with van der Waals surface area (Å²) in [6.07, 6.45) is 3.87. The van der Waals surface area contributed by atoms with Gasteiger partial charge in [0.25, 0.3) is 0 Å². The third kappa shape index (κ3) is 4.84. The summed E-state index contributed by atoms with van der Waals surface area (Å²) in [6, 6.07) is 9.79. The Bertz CT molecular complexity index is 1020. The number of nitrogens with one attached hydrogen (secondary N) is 4. The van der Waals surface area contributed by atoms with E-state index in [1.54, 1.807) is 12.1 Å². The molecule has 7 nitrogen and oxygen atoms in total. The fourth-order valence-corrected chi connectivity index (χ4v) is 5.74. The lowest BCUT2D eigenvalue weighted by molar-refractivity contribution is 0.0993.